The van der Waals surface area contributed by atoms with Crippen molar-refractivity contribution < 1.29 is 19.1 Å². The smallest absolute Gasteiger partial charge is 0.414 e. The Morgan fingerprint density at radius 2 is 1.96 bits per heavy atom. The van der Waals surface area contributed by atoms with Crippen LogP contribution in [0.2, 0.25) is 0 Å². The largest absolute Gasteiger partial charge is 0.452 e. The lowest BCUT2D eigenvalue weighted by molar-refractivity contribution is 0.101. The standard InChI is InChI=1S/C19H17NO4/c1-12-5-4-6-13(9-12)10-17-18(21)15-8-7-14(11-16(15)24-17)23-19(22)20(2)3/h4-11H,1-3H3/b17-10+. The summed E-state index contributed by atoms with van der Waals surface area (Å²) < 4.78 is 10.8. The number of rotatable bonds is 2. The Balaban J connectivity index is 1.86. The van der Waals surface area contributed by atoms with E-state index in [-0.39, 0.29) is 11.5 Å². The summed E-state index contributed by atoms with van der Waals surface area (Å²) in [7, 11) is 3.19. The monoisotopic (exact) mass is 323 g/mol. The van der Waals surface area contributed by atoms with Gasteiger partial charge in [-0.05, 0) is 30.7 Å². The highest BCUT2D eigenvalue weighted by atomic mass is 16.6. The first kappa shape index (κ1) is 15.8. The minimum Gasteiger partial charge on any atom is -0.452 e. The quantitative estimate of drug-likeness (QED) is 0.791. The maximum atomic E-state index is 12.4. The molecule has 0 bridgehead atoms. The highest BCUT2D eigenvalue weighted by Crippen LogP contribution is 2.35. The van der Waals surface area contributed by atoms with Gasteiger partial charge in [0.1, 0.15) is 11.5 Å². The predicted octanol–water partition coefficient (Wildman–Crippen LogP) is 3.67. The van der Waals surface area contributed by atoms with Crippen LogP contribution in [0.1, 0.15) is 21.5 Å². The Kier molecular flexibility index (Phi) is 4.08. The van der Waals surface area contributed by atoms with Crippen LogP contribution >= 0.6 is 0 Å². The van der Waals surface area contributed by atoms with Crippen LogP contribution in [0.5, 0.6) is 11.5 Å². The predicted molar refractivity (Wildman–Crippen MR) is 90.3 cm³/mol. The molecule has 2 aromatic carbocycles. The number of Topliss-reactive ketones (excluding diaryl/α,β-unsaturated/α-hetero) is 1. The summed E-state index contributed by atoms with van der Waals surface area (Å²) in [6.07, 6.45) is 1.22. The normalized spacial score (nSPS) is 14.3. The van der Waals surface area contributed by atoms with Crippen LogP contribution in [-0.2, 0) is 0 Å². The van der Waals surface area contributed by atoms with Crippen molar-refractivity contribution in [2.45, 2.75) is 6.92 Å². The van der Waals surface area contributed by atoms with Gasteiger partial charge in [0.05, 0.1) is 5.56 Å². The molecule has 1 amide bonds. The van der Waals surface area contributed by atoms with Gasteiger partial charge in [-0.2, -0.15) is 0 Å². The van der Waals surface area contributed by atoms with E-state index in [1.54, 1.807) is 38.4 Å². The molecule has 0 aromatic heterocycles. The van der Waals surface area contributed by atoms with E-state index in [1.165, 1.54) is 4.90 Å². The van der Waals surface area contributed by atoms with E-state index in [0.29, 0.717) is 17.1 Å². The lowest BCUT2D eigenvalue weighted by atomic mass is 10.1. The minimum absolute atomic E-state index is 0.183. The number of fused-ring (bicyclic) bond motifs is 1. The van der Waals surface area contributed by atoms with Gasteiger partial charge in [0.25, 0.3) is 0 Å². The van der Waals surface area contributed by atoms with Gasteiger partial charge >= 0.3 is 6.09 Å². The van der Waals surface area contributed by atoms with Crippen LogP contribution in [0.25, 0.3) is 6.08 Å². The molecule has 5 heteroatoms. The molecule has 122 valence electrons. The number of benzene rings is 2. The molecule has 0 atom stereocenters. The van der Waals surface area contributed by atoms with Crippen LogP contribution in [-0.4, -0.2) is 30.9 Å². The number of hydrogen-bond acceptors (Lipinski definition) is 4. The number of amides is 1. The maximum Gasteiger partial charge on any atom is 0.414 e. The molecule has 0 fully saturated rings. The van der Waals surface area contributed by atoms with Crippen molar-refractivity contribution in [3.8, 4) is 11.5 Å². The molecule has 0 N–H and O–H groups in total. The Bertz CT molecular complexity index is 852. The third kappa shape index (κ3) is 3.15. The number of carbonyl (C=O) groups excluding carboxylic acids is 2. The SMILES string of the molecule is Cc1cccc(/C=C2/Oc3cc(OC(=O)N(C)C)ccc3C2=O)c1. The van der Waals surface area contributed by atoms with Crippen molar-refractivity contribution in [2.75, 3.05) is 14.1 Å². The Hall–Kier alpha value is -3.08. The molecule has 5 nitrogen and oxygen atoms in total. The highest BCUT2D eigenvalue weighted by molar-refractivity contribution is 6.14. The van der Waals surface area contributed by atoms with Crippen LogP contribution in [0.15, 0.2) is 48.2 Å². The highest BCUT2D eigenvalue weighted by Gasteiger charge is 2.28. The first-order valence-corrected chi connectivity index (χ1v) is 7.48. The van der Waals surface area contributed by atoms with E-state index in [0.717, 1.165) is 11.1 Å². The molecule has 1 heterocycles. The fraction of sp³-hybridized carbons (Fsp3) is 0.158. The zero-order valence-corrected chi connectivity index (χ0v) is 13.7. The second kappa shape index (κ2) is 6.20. The molecule has 1 aliphatic rings. The van der Waals surface area contributed by atoms with Crippen LogP contribution in [0.3, 0.4) is 0 Å². The zero-order chi connectivity index (χ0) is 17.3. The first-order valence-electron chi connectivity index (χ1n) is 7.48. The molecule has 0 radical (unpaired) electrons. The maximum absolute atomic E-state index is 12.4. The van der Waals surface area contributed by atoms with Gasteiger partial charge in [-0.15, -0.1) is 0 Å². The van der Waals surface area contributed by atoms with Gasteiger partial charge in [0, 0.05) is 20.2 Å². The van der Waals surface area contributed by atoms with Gasteiger partial charge < -0.3 is 14.4 Å². The Morgan fingerprint density at radius 3 is 2.67 bits per heavy atom. The molecular formula is C19H17NO4. The lowest BCUT2D eigenvalue weighted by Crippen LogP contribution is -2.25. The molecule has 0 aliphatic carbocycles. The van der Waals surface area contributed by atoms with Crippen molar-refractivity contribution in [1.82, 2.24) is 4.90 Å². The third-order valence-electron chi connectivity index (χ3n) is 3.55. The number of allylic oxidation sites excluding steroid dienone is 1. The van der Waals surface area contributed by atoms with Crippen LogP contribution in [0, 0.1) is 6.92 Å². The molecule has 3 rings (SSSR count). The van der Waals surface area contributed by atoms with Gasteiger partial charge in [0.15, 0.2) is 5.76 Å². The van der Waals surface area contributed by atoms with Gasteiger partial charge in [-0.1, -0.05) is 29.8 Å². The van der Waals surface area contributed by atoms with E-state index < -0.39 is 6.09 Å². The van der Waals surface area contributed by atoms with Crippen LogP contribution in [0.4, 0.5) is 4.79 Å². The average molecular weight is 323 g/mol. The average Bonchev–Trinajstić information content (AvgIpc) is 2.83. The fourth-order valence-corrected chi connectivity index (χ4v) is 2.33. The topological polar surface area (TPSA) is 55.8 Å². The van der Waals surface area contributed by atoms with Crippen LogP contribution < -0.4 is 9.47 Å². The van der Waals surface area contributed by atoms with Gasteiger partial charge in [-0.25, -0.2) is 4.79 Å². The number of ketones is 1. The molecule has 0 saturated carbocycles. The lowest BCUT2D eigenvalue weighted by Gasteiger charge is -2.10. The van der Waals surface area contributed by atoms with Gasteiger partial charge in [0.2, 0.25) is 5.78 Å². The number of nitrogens with zero attached hydrogens (tertiary/aromatic N) is 1. The van der Waals surface area contributed by atoms with Crippen molar-refractivity contribution >= 4 is 18.0 Å². The fourth-order valence-electron chi connectivity index (χ4n) is 2.33. The molecule has 24 heavy (non-hydrogen) atoms. The van der Waals surface area contributed by atoms with E-state index in [1.807, 2.05) is 31.2 Å². The molecule has 0 unspecified atom stereocenters. The summed E-state index contributed by atoms with van der Waals surface area (Å²) in [5, 5.41) is 0. The first-order chi connectivity index (χ1) is 11.4. The summed E-state index contributed by atoms with van der Waals surface area (Å²) in [4.78, 5) is 25.3. The zero-order valence-electron chi connectivity index (χ0n) is 13.7. The molecule has 1 aliphatic heterocycles. The number of aryl methyl sites for hydroxylation is 1. The number of ether oxygens (including phenoxy) is 2. The molecule has 0 spiro atoms. The summed E-state index contributed by atoms with van der Waals surface area (Å²) in [5.74, 6) is 0.795. The van der Waals surface area contributed by atoms with Crippen molar-refractivity contribution in [3.05, 3.63) is 64.9 Å². The Morgan fingerprint density at radius 1 is 1.17 bits per heavy atom. The van der Waals surface area contributed by atoms with E-state index in [4.69, 9.17) is 9.47 Å². The summed E-state index contributed by atoms with van der Waals surface area (Å²) in [6, 6.07) is 12.5. The van der Waals surface area contributed by atoms with E-state index in [2.05, 4.69) is 0 Å². The molecule has 0 saturated heterocycles. The molecular weight excluding hydrogens is 306 g/mol. The summed E-state index contributed by atoms with van der Waals surface area (Å²) >= 11 is 0. The van der Waals surface area contributed by atoms with Crippen molar-refractivity contribution in [2.24, 2.45) is 0 Å². The number of carbonyl (C=O) groups is 2. The van der Waals surface area contributed by atoms with E-state index >= 15 is 0 Å². The Labute approximate surface area is 140 Å². The number of hydrogen-bond donors (Lipinski definition) is 0. The van der Waals surface area contributed by atoms with Crippen molar-refractivity contribution in [3.63, 3.8) is 0 Å². The van der Waals surface area contributed by atoms with E-state index in [9.17, 15) is 9.59 Å². The second-order valence-corrected chi connectivity index (χ2v) is 5.77. The minimum atomic E-state index is -0.491. The summed E-state index contributed by atoms with van der Waals surface area (Å²) in [6.45, 7) is 1.99. The van der Waals surface area contributed by atoms with Gasteiger partial charge in [-0.3, -0.25) is 4.79 Å². The third-order valence-corrected chi connectivity index (χ3v) is 3.55. The molecule has 2 aromatic rings. The summed E-state index contributed by atoms with van der Waals surface area (Å²) in [5.41, 5.74) is 2.45. The van der Waals surface area contributed by atoms with Crippen molar-refractivity contribution in [1.29, 1.82) is 0 Å². The second-order valence-electron chi connectivity index (χ2n) is 5.77.